The highest BCUT2D eigenvalue weighted by atomic mass is 35.5. The van der Waals surface area contributed by atoms with Crippen LogP contribution in [0.5, 0.6) is 0 Å². The van der Waals surface area contributed by atoms with Crippen LogP contribution in [0.4, 0.5) is 0 Å². The maximum atomic E-state index is 11.2. The summed E-state index contributed by atoms with van der Waals surface area (Å²) in [5, 5.41) is 0. The quantitative estimate of drug-likeness (QED) is 0.613. The standard InChI is InChI=1S/C8H16ClNO2/c1-4-12-6-8(11)10(3)7(2)5-9/h7H,4-6H2,1-3H3. The first-order valence-electron chi connectivity index (χ1n) is 4.02. The fourth-order valence-electron chi connectivity index (χ4n) is 0.641. The Morgan fingerprint density at radius 2 is 2.25 bits per heavy atom. The van der Waals surface area contributed by atoms with E-state index in [1.165, 1.54) is 0 Å². The zero-order valence-electron chi connectivity index (χ0n) is 7.84. The first kappa shape index (κ1) is 11.7. The molecular weight excluding hydrogens is 178 g/mol. The summed E-state index contributed by atoms with van der Waals surface area (Å²) in [4.78, 5) is 12.8. The van der Waals surface area contributed by atoms with Crippen LogP contribution in [0.15, 0.2) is 0 Å². The molecule has 0 radical (unpaired) electrons. The molecule has 0 aromatic heterocycles. The number of rotatable bonds is 5. The monoisotopic (exact) mass is 193 g/mol. The van der Waals surface area contributed by atoms with Gasteiger partial charge in [0.05, 0.1) is 0 Å². The highest BCUT2D eigenvalue weighted by Gasteiger charge is 2.13. The van der Waals surface area contributed by atoms with Gasteiger partial charge in [-0.3, -0.25) is 4.79 Å². The lowest BCUT2D eigenvalue weighted by atomic mass is 10.3. The van der Waals surface area contributed by atoms with Crippen LogP contribution in [0.2, 0.25) is 0 Å². The maximum Gasteiger partial charge on any atom is 0.248 e. The molecule has 0 spiro atoms. The van der Waals surface area contributed by atoms with E-state index in [4.69, 9.17) is 16.3 Å². The van der Waals surface area contributed by atoms with Crippen LogP contribution in [-0.4, -0.2) is 43.0 Å². The molecule has 72 valence electrons. The van der Waals surface area contributed by atoms with Crippen LogP contribution in [-0.2, 0) is 9.53 Å². The molecule has 0 aromatic carbocycles. The zero-order chi connectivity index (χ0) is 9.56. The summed E-state index contributed by atoms with van der Waals surface area (Å²) >= 11 is 5.59. The van der Waals surface area contributed by atoms with Crippen LogP contribution in [0, 0.1) is 0 Å². The van der Waals surface area contributed by atoms with Crippen molar-refractivity contribution in [2.45, 2.75) is 19.9 Å². The molecule has 0 N–H and O–H groups in total. The van der Waals surface area contributed by atoms with E-state index >= 15 is 0 Å². The van der Waals surface area contributed by atoms with E-state index in [9.17, 15) is 4.79 Å². The molecule has 1 atom stereocenters. The van der Waals surface area contributed by atoms with Gasteiger partial charge in [-0.2, -0.15) is 0 Å². The molecule has 4 heteroatoms. The Morgan fingerprint density at radius 3 is 2.67 bits per heavy atom. The number of hydrogen-bond acceptors (Lipinski definition) is 2. The van der Waals surface area contributed by atoms with Gasteiger partial charge in [-0.05, 0) is 13.8 Å². The molecule has 0 saturated carbocycles. The van der Waals surface area contributed by atoms with Crippen molar-refractivity contribution < 1.29 is 9.53 Å². The predicted molar refractivity (Wildman–Crippen MR) is 49.4 cm³/mol. The van der Waals surface area contributed by atoms with E-state index in [0.717, 1.165) is 0 Å². The molecule has 0 fully saturated rings. The highest BCUT2D eigenvalue weighted by molar-refractivity contribution is 6.18. The van der Waals surface area contributed by atoms with Crippen molar-refractivity contribution in [3.8, 4) is 0 Å². The molecule has 0 aliphatic carbocycles. The van der Waals surface area contributed by atoms with Gasteiger partial charge in [-0.1, -0.05) is 0 Å². The summed E-state index contributed by atoms with van der Waals surface area (Å²) in [6, 6.07) is 0.0691. The van der Waals surface area contributed by atoms with Crippen LogP contribution < -0.4 is 0 Å². The number of amides is 1. The molecule has 12 heavy (non-hydrogen) atoms. The fraction of sp³-hybridized carbons (Fsp3) is 0.875. The van der Waals surface area contributed by atoms with Gasteiger partial charge in [0, 0.05) is 25.6 Å². The average Bonchev–Trinajstić information content (AvgIpc) is 2.11. The molecule has 0 bridgehead atoms. The lowest BCUT2D eigenvalue weighted by Gasteiger charge is -2.22. The molecule has 3 nitrogen and oxygen atoms in total. The van der Waals surface area contributed by atoms with E-state index in [2.05, 4.69) is 0 Å². The first-order valence-corrected chi connectivity index (χ1v) is 4.56. The van der Waals surface area contributed by atoms with Crippen LogP contribution in [0.3, 0.4) is 0 Å². The average molecular weight is 194 g/mol. The third-order valence-electron chi connectivity index (χ3n) is 1.71. The molecule has 0 aliphatic heterocycles. The van der Waals surface area contributed by atoms with Crippen molar-refractivity contribution >= 4 is 17.5 Å². The number of nitrogens with zero attached hydrogens (tertiary/aromatic N) is 1. The van der Waals surface area contributed by atoms with Crippen LogP contribution in [0.1, 0.15) is 13.8 Å². The van der Waals surface area contributed by atoms with Gasteiger partial charge in [0.1, 0.15) is 6.61 Å². The van der Waals surface area contributed by atoms with Gasteiger partial charge in [0.25, 0.3) is 0 Å². The lowest BCUT2D eigenvalue weighted by Crippen LogP contribution is -2.38. The van der Waals surface area contributed by atoms with Gasteiger partial charge in [-0.15, -0.1) is 11.6 Å². The summed E-state index contributed by atoms with van der Waals surface area (Å²) in [5.41, 5.74) is 0. The minimum Gasteiger partial charge on any atom is -0.372 e. The Balaban J connectivity index is 3.75. The third-order valence-corrected chi connectivity index (χ3v) is 2.15. The SMILES string of the molecule is CCOCC(=O)N(C)C(C)CCl. The number of likely N-dealkylation sites (N-methyl/N-ethyl adjacent to an activating group) is 1. The normalized spacial score (nSPS) is 12.7. The summed E-state index contributed by atoms with van der Waals surface area (Å²) < 4.78 is 4.98. The second-order valence-corrected chi connectivity index (χ2v) is 2.95. The van der Waals surface area contributed by atoms with Crippen molar-refractivity contribution in [1.82, 2.24) is 4.90 Å². The minimum absolute atomic E-state index is 0.0231. The summed E-state index contributed by atoms with van der Waals surface area (Å²) in [7, 11) is 1.73. The summed E-state index contributed by atoms with van der Waals surface area (Å²) in [5.74, 6) is 0.430. The van der Waals surface area contributed by atoms with Crippen molar-refractivity contribution in [2.24, 2.45) is 0 Å². The fourth-order valence-corrected chi connectivity index (χ4v) is 0.848. The topological polar surface area (TPSA) is 29.5 Å². The molecule has 0 saturated heterocycles. The van der Waals surface area contributed by atoms with Gasteiger partial charge in [0.2, 0.25) is 5.91 Å². The molecule has 0 aliphatic rings. The highest BCUT2D eigenvalue weighted by Crippen LogP contribution is 1.98. The molecule has 0 aromatic rings. The Labute approximate surface area is 78.6 Å². The number of carbonyl (C=O) groups is 1. The lowest BCUT2D eigenvalue weighted by molar-refractivity contribution is -0.136. The first-order chi connectivity index (χ1) is 5.63. The Morgan fingerprint density at radius 1 is 1.67 bits per heavy atom. The van der Waals surface area contributed by atoms with E-state index in [1.807, 2.05) is 13.8 Å². The molecule has 1 unspecified atom stereocenters. The Bertz CT molecular complexity index is 141. The van der Waals surface area contributed by atoms with E-state index in [1.54, 1.807) is 11.9 Å². The second-order valence-electron chi connectivity index (χ2n) is 2.65. The maximum absolute atomic E-state index is 11.2. The number of carbonyl (C=O) groups excluding carboxylic acids is 1. The number of hydrogen-bond donors (Lipinski definition) is 0. The van der Waals surface area contributed by atoms with Gasteiger partial charge in [-0.25, -0.2) is 0 Å². The van der Waals surface area contributed by atoms with E-state index in [0.29, 0.717) is 12.5 Å². The van der Waals surface area contributed by atoms with E-state index in [-0.39, 0.29) is 18.6 Å². The number of halogens is 1. The van der Waals surface area contributed by atoms with Crippen molar-refractivity contribution in [1.29, 1.82) is 0 Å². The van der Waals surface area contributed by atoms with Crippen molar-refractivity contribution in [3.05, 3.63) is 0 Å². The summed E-state index contributed by atoms with van der Waals surface area (Å²) in [6.07, 6.45) is 0. The van der Waals surface area contributed by atoms with Crippen LogP contribution in [0.25, 0.3) is 0 Å². The van der Waals surface area contributed by atoms with E-state index < -0.39 is 0 Å². The van der Waals surface area contributed by atoms with Gasteiger partial charge >= 0.3 is 0 Å². The molecule has 1 amide bonds. The smallest absolute Gasteiger partial charge is 0.248 e. The molecular formula is C8H16ClNO2. The van der Waals surface area contributed by atoms with Gasteiger partial charge < -0.3 is 9.64 Å². The second kappa shape index (κ2) is 6.26. The minimum atomic E-state index is -0.0231. The number of ether oxygens (including phenoxy) is 1. The van der Waals surface area contributed by atoms with Gasteiger partial charge in [0.15, 0.2) is 0 Å². The predicted octanol–water partition coefficient (Wildman–Crippen LogP) is 1.11. The largest absolute Gasteiger partial charge is 0.372 e. The Hall–Kier alpha value is -0.280. The van der Waals surface area contributed by atoms with Crippen LogP contribution >= 0.6 is 11.6 Å². The van der Waals surface area contributed by atoms with Crippen molar-refractivity contribution in [2.75, 3.05) is 26.1 Å². The Kier molecular flexibility index (Phi) is 6.11. The number of alkyl halides is 1. The molecule has 0 heterocycles. The van der Waals surface area contributed by atoms with Crippen molar-refractivity contribution in [3.63, 3.8) is 0 Å². The molecule has 0 rings (SSSR count). The zero-order valence-corrected chi connectivity index (χ0v) is 8.60. The third kappa shape index (κ3) is 3.93. The summed E-state index contributed by atoms with van der Waals surface area (Å²) in [6.45, 7) is 4.47.